The lowest BCUT2D eigenvalue weighted by Gasteiger charge is -2.08. The summed E-state index contributed by atoms with van der Waals surface area (Å²) >= 11 is 0. The molecule has 0 saturated carbocycles. The van der Waals surface area contributed by atoms with E-state index in [0.717, 1.165) is 0 Å². The number of anilines is 2. The van der Waals surface area contributed by atoms with Gasteiger partial charge < -0.3 is 11.5 Å². The third-order valence-electron chi connectivity index (χ3n) is 2.59. The van der Waals surface area contributed by atoms with E-state index in [-0.39, 0.29) is 0 Å². The minimum absolute atomic E-state index is 0.359. The minimum Gasteiger partial charge on any atom is -0.399 e. The zero-order valence-electron chi connectivity index (χ0n) is 10.6. The SMILES string of the molecule is Nc1cccc(C(=O)NNC(=O)c2cccc(N)c2)c1. The molecule has 0 unspecified atom stereocenters. The summed E-state index contributed by atoms with van der Waals surface area (Å²) in [6, 6.07) is 12.9. The highest BCUT2D eigenvalue weighted by molar-refractivity contribution is 5.99. The molecule has 0 saturated heterocycles. The van der Waals surface area contributed by atoms with Crippen LogP contribution in [0.1, 0.15) is 20.7 Å². The Kier molecular flexibility index (Phi) is 3.85. The molecule has 0 radical (unpaired) electrons. The van der Waals surface area contributed by atoms with E-state index < -0.39 is 11.8 Å². The summed E-state index contributed by atoms with van der Waals surface area (Å²) in [5.74, 6) is -0.899. The monoisotopic (exact) mass is 270 g/mol. The number of rotatable bonds is 2. The summed E-state index contributed by atoms with van der Waals surface area (Å²) in [5, 5.41) is 0. The van der Waals surface area contributed by atoms with Gasteiger partial charge in [0.2, 0.25) is 0 Å². The Morgan fingerprint density at radius 3 is 1.50 bits per heavy atom. The number of benzene rings is 2. The van der Waals surface area contributed by atoms with Gasteiger partial charge in [-0.3, -0.25) is 20.4 Å². The maximum Gasteiger partial charge on any atom is 0.269 e. The van der Waals surface area contributed by atoms with Gasteiger partial charge in [0.05, 0.1) is 0 Å². The Labute approximate surface area is 115 Å². The van der Waals surface area contributed by atoms with Crippen molar-refractivity contribution in [3.05, 3.63) is 59.7 Å². The first-order chi connectivity index (χ1) is 9.56. The van der Waals surface area contributed by atoms with Crippen LogP contribution in [-0.2, 0) is 0 Å². The molecule has 0 aliphatic rings. The summed E-state index contributed by atoms with van der Waals surface area (Å²) in [5.41, 5.74) is 17.4. The molecule has 2 rings (SSSR count). The van der Waals surface area contributed by atoms with Crippen molar-refractivity contribution in [2.45, 2.75) is 0 Å². The molecular weight excluding hydrogens is 256 g/mol. The van der Waals surface area contributed by atoms with Crippen molar-refractivity contribution < 1.29 is 9.59 Å². The second-order valence-electron chi connectivity index (χ2n) is 4.16. The van der Waals surface area contributed by atoms with Gasteiger partial charge in [-0.1, -0.05) is 12.1 Å². The van der Waals surface area contributed by atoms with Crippen molar-refractivity contribution >= 4 is 23.2 Å². The van der Waals surface area contributed by atoms with Crippen LogP contribution in [0, 0.1) is 0 Å². The second kappa shape index (κ2) is 5.75. The quantitative estimate of drug-likeness (QED) is 0.480. The average molecular weight is 270 g/mol. The molecule has 2 aromatic rings. The van der Waals surface area contributed by atoms with E-state index in [1.807, 2.05) is 0 Å². The smallest absolute Gasteiger partial charge is 0.269 e. The van der Waals surface area contributed by atoms with E-state index >= 15 is 0 Å². The number of hydrogen-bond donors (Lipinski definition) is 4. The third-order valence-corrected chi connectivity index (χ3v) is 2.59. The average Bonchev–Trinajstić information content (AvgIpc) is 2.44. The molecule has 20 heavy (non-hydrogen) atoms. The first-order valence-corrected chi connectivity index (χ1v) is 5.88. The van der Waals surface area contributed by atoms with Gasteiger partial charge in [-0.25, -0.2) is 0 Å². The lowest BCUT2D eigenvalue weighted by atomic mass is 10.2. The minimum atomic E-state index is -0.449. The van der Waals surface area contributed by atoms with Gasteiger partial charge >= 0.3 is 0 Å². The molecule has 2 aromatic carbocycles. The number of carbonyl (C=O) groups excluding carboxylic acids is 2. The molecule has 102 valence electrons. The van der Waals surface area contributed by atoms with E-state index in [0.29, 0.717) is 22.5 Å². The third kappa shape index (κ3) is 3.26. The van der Waals surface area contributed by atoms with Crippen LogP contribution in [0.3, 0.4) is 0 Å². The number of nitrogen functional groups attached to an aromatic ring is 2. The largest absolute Gasteiger partial charge is 0.399 e. The van der Waals surface area contributed by atoms with E-state index in [4.69, 9.17) is 11.5 Å². The van der Waals surface area contributed by atoms with E-state index in [1.165, 1.54) is 12.1 Å². The molecule has 6 N–H and O–H groups in total. The van der Waals surface area contributed by atoms with Crippen LogP contribution in [0.15, 0.2) is 48.5 Å². The van der Waals surface area contributed by atoms with Gasteiger partial charge in [0.1, 0.15) is 0 Å². The van der Waals surface area contributed by atoms with Gasteiger partial charge in [0, 0.05) is 22.5 Å². The van der Waals surface area contributed by atoms with Crippen LogP contribution in [0.5, 0.6) is 0 Å². The molecule has 2 amide bonds. The summed E-state index contributed by atoms with van der Waals surface area (Å²) in [6.07, 6.45) is 0. The fourth-order valence-corrected chi connectivity index (χ4v) is 1.62. The number of nitrogens with two attached hydrogens (primary N) is 2. The molecule has 0 aliphatic carbocycles. The van der Waals surface area contributed by atoms with Crippen molar-refractivity contribution in [2.24, 2.45) is 0 Å². The van der Waals surface area contributed by atoms with Gasteiger partial charge in [-0.05, 0) is 36.4 Å². The standard InChI is InChI=1S/C14H14N4O2/c15-11-5-1-3-9(7-11)13(19)17-18-14(20)10-4-2-6-12(16)8-10/h1-8H,15-16H2,(H,17,19)(H,18,20). The van der Waals surface area contributed by atoms with Crippen LogP contribution in [0.4, 0.5) is 11.4 Å². The summed E-state index contributed by atoms with van der Waals surface area (Å²) in [7, 11) is 0. The number of hydrogen-bond acceptors (Lipinski definition) is 4. The Bertz CT molecular complexity index is 598. The predicted octanol–water partition coefficient (Wildman–Crippen LogP) is 0.926. The van der Waals surface area contributed by atoms with E-state index in [9.17, 15) is 9.59 Å². The molecule has 0 aromatic heterocycles. The Balaban J connectivity index is 1.98. The van der Waals surface area contributed by atoms with Crippen LogP contribution >= 0.6 is 0 Å². The highest BCUT2D eigenvalue weighted by Gasteiger charge is 2.09. The van der Waals surface area contributed by atoms with Crippen LogP contribution < -0.4 is 22.3 Å². The first-order valence-electron chi connectivity index (χ1n) is 5.88. The van der Waals surface area contributed by atoms with Crippen molar-refractivity contribution in [2.75, 3.05) is 11.5 Å². The summed E-state index contributed by atoms with van der Waals surface area (Å²) < 4.78 is 0. The maximum absolute atomic E-state index is 11.8. The Hall–Kier alpha value is -3.02. The van der Waals surface area contributed by atoms with E-state index in [1.54, 1.807) is 36.4 Å². The normalized spacial score (nSPS) is 9.80. The molecule has 0 aliphatic heterocycles. The summed E-state index contributed by atoms with van der Waals surface area (Å²) in [4.78, 5) is 23.6. The molecule has 0 atom stereocenters. The van der Waals surface area contributed by atoms with E-state index in [2.05, 4.69) is 10.9 Å². The van der Waals surface area contributed by atoms with Crippen molar-refractivity contribution in [3.8, 4) is 0 Å². The Morgan fingerprint density at radius 2 is 1.15 bits per heavy atom. The van der Waals surface area contributed by atoms with Crippen molar-refractivity contribution in [1.82, 2.24) is 10.9 Å². The second-order valence-corrected chi connectivity index (χ2v) is 4.16. The highest BCUT2D eigenvalue weighted by atomic mass is 16.2. The van der Waals surface area contributed by atoms with Gasteiger partial charge in [-0.2, -0.15) is 0 Å². The highest BCUT2D eigenvalue weighted by Crippen LogP contribution is 2.07. The van der Waals surface area contributed by atoms with Crippen LogP contribution in [0.25, 0.3) is 0 Å². The lowest BCUT2D eigenvalue weighted by Crippen LogP contribution is -2.41. The molecule has 0 spiro atoms. The van der Waals surface area contributed by atoms with Gasteiger partial charge in [-0.15, -0.1) is 0 Å². The van der Waals surface area contributed by atoms with Gasteiger partial charge in [0.15, 0.2) is 0 Å². The summed E-state index contributed by atoms with van der Waals surface area (Å²) in [6.45, 7) is 0. The van der Waals surface area contributed by atoms with Crippen LogP contribution in [0.2, 0.25) is 0 Å². The number of amides is 2. The molecule has 6 heteroatoms. The topological polar surface area (TPSA) is 110 Å². The molecule has 6 nitrogen and oxygen atoms in total. The van der Waals surface area contributed by atoms with Crippen molar-refractivity contribution in [3.63, 3.8) is 0 Å². The molecule has 0 heterocycles. The van der Waals surface area contributed by atoms with Crippen molar-refractivity contribution in [1.29, 1.82) is 0 Å². The van der Waals surface area contributed by atoms with Gasteiger partial charge in [0.25, 0.3) is 11.8 Å². The predicted molar refractivity (Wildman–Crippen MR) is 76.6 cm³/mol. The zero-order chi connectivity index (χ0) is 14.5. The Morgan fingerprint density at radius 1 is 0.750 bits per heavy atom. The lowest BCUT2D eigenvalue weighted by molar-refractivity contribution is 0.0847. The van der Waals surface area contributed by atoms with Crippen LogP contribution in [-0.4, -0.2) is 11.8 Å². The molecule has 0 bridgehead atoms. The first kappa shape index (κ1) is 13.4. The molecular formula is C14H14N4O2. The maximum atomic E-state index is 11.8. The fourth-order valence-electron chi connectivity index (χ4n) is 1.62. The zero-order valence-corrected chi connectivity index (χ0v) is 10.6. The number of nitrogens with one attached hydrogen (secondary N) is 2. The fraction of sp³-hybridized carbons (Fsp3) is 0. The number of carbonyl (C=O) groups is 2. The number of hydrazine groups is 1. The molecule has 0 fully saturated rings.